The Labute approximate surface area is 130 Å². The van der Waals surface area contributed by atoms with Gasteiger partial charge in [0.1, 0.15) is 11.4 Å². The van der Waals surface area contributed by atoms with Crippen LogP contribution in [0, 0.1) is 6.92 Å². The molecule has 1 heterocycles. The molecule has 2 aromatic rings. The van der Waals surface area contributed by atoms with E-state index in [0.29, 0.717) is 5.69 Å². The third kappa shape index (κ3) is 2.58. The normalized spacial score (nSPS) is 17.0. The summed E-state index contributed by atoms with van der Waals surface area (Å²) in [6, 6.07) is 6.15. The van der Waals surface area contributed by atoms with E-state index in [0.717, 1.165) is 30.7 Å². The molecule has 0 saturated heterocycles. The largest absolute Gasteiger partial charge is 0.497 e. The minimum absolute atomic E-state index is 0.0523. The number of aromatic nitrogens is 2. The molecule has 1 aliphatic rings. The van der Waals surface area contributed by atoms with Gasteiger partial charge in [-0.3, -0.25) is 4.79 Å². The number of nitrogens with zero attached hydrogens (tertiary/aromatic N) is 2. The molecule has 1 aromatic heterocycles. The fourth-order valence-corrected chi connectivity index (χ4v) is 3.17. The second kappa shape index (κ2) is 5.83. The molecule has 1 aromatic carbocycles. The van der Waals surface area contributed by atoms with Gasteiger partial charge in [0.15, 0.2) is 0 Å². The van der Waals surface area contributed by atoms with Crippen LogP contribution in [0.3, 0.4) is 0 Å². The van der Waals surface area contributed by atoms with Gasteiger partial charge in [0.25, 0.3) is 5.91 Å². The number of benzene rings is 1. The van der Waals surface area contributed by atoms with Crippen molar-refractivity contribution in [2.45, 2.75) is 32.2 Å². The van der Waals surface area contributed by atoms with Gasteiger partial charge in [-0.2, -0.15) is 0 Å². The molecular formula is C17H21N3O2. The summed E-state index contributed by atoms with van der Waals surface area (Å²) in [6.07, 6.45) is 4.73. The minimum atomic E-state index is -0.0637. The molecule has 1 unspecified atom stereocenters. The molecule has 0 fully saturated rings. The smallest absolute Gasteiger partial charge is 0.270 e. The highest BCUT2D eigenvalue weighted by molar-refractivity contribution is 5.94. The molecule has 22 heavy (non-hydrogen) atoms. The molecule has 1 aliphatic carbocycles. The van der Waals surface area contributed by atoms with Crippen LogP contribution >= 0.6 is 0 Å². The van der Waals surface area contributed by atoms with Crippen LogP contribution in [0.4, 0.5) is 0 Å². The van der Waals surface area contributed by atoms with Gasteiger partial charge in [0, 0.05) is 7.05 Å². The first kappa shape index (κ1) is 14.6. The number of ether oxygens (including phenoxy) is 1. The number of hydrogen-bond donors (Lipinski definition) is 1. The Morgan fingerprint density at radius 2 is 2.27 bits per heavy atom. The average molecular weight is 299 g/mol. The molecule has 0 bridgehead atoms. The number of imidazole rings is 1. The summed E-state index contributed by atoms with van der Waals surface area (Å²) >= 11 is 0. The number of methoxy groups -OCH3 is 1. The van der Waals surface area contributed by atoms with Gasteiger partial charge in [-0.15, -0.1) is 0 Å². The molecule has 3 rings (SSSR count). The van der Waals surface area contributed by atoms with Crippen LogP contribution in [0.5, 0.6) is 5.75 Å². The van der Waals surface area contributed by atoms with E-state index in [1.165, 1.54) is 11.1 Å². The van der Waals surface area contributed by atoms with E-state index in [2.05, 4.69) is 22.4 Å². The number of carbonyl (C=O) groups is 1. The molecule has 116 valence electrons. The molecule has 1 amide bonds. The Morgan fingerprint density at radius 1 is 1.45 bits per heavy atom. The van der Waals surface area contributed by atoms with Gasteiger partial charge < -0.3 is 14.6 Å². The molecule has 0 radical (unpaired) electrons. The lowest BCUT2D eigenvalue weighted by molar-refractivity contribution is 0.0924. The van der Waals surface area contributed by atoms with Crippen LogP contribution in [0.2, 0.25) is 0 Å². The second-order valence-electron chi connectivity index (χ2n) is 5.77. The fraction of sp³-hybridized carbons (Fsp3) is 0.412. The first-order valence-electron chi connectivity index (χ1n) is 7.55. The number of carbonyl (C=O) groups excluding carboxylic acids is 1. The van der Waals surface area contributed by atoms with Crippen molar-refractivity contribution in [2.24, 2.45) is 7.05 Å². The topological polar surface area (TPSA) is 56.1 Å². The highest BCUT2D eigenvalue weighted by Crippen LogP contribution is 2.32. The molecule has 5 nitrogen and oxygen atoms in total. The van der Waals surface area contributed by atoms with Crippen LogP contribution in [0.15, 0.2) is 24.5 Å². The molecule has 1 atom stereocenters. The minimum Gasteiger partial charge on any atom is -0.497 e. The van der Waals surface area contributed by atoms with Crippen molar-refractivity contribution in [3.05, 3.63) is 47.0 Å². The lowest BCUT2D eigenvalue weighted by atomic mass is 9.87. The summed E-state index contributed by atoms with van der Waals surface area (Å²) in [5.74, 6) is 0.805. The summed E-state index contributed by atoms with van der Waals surface area (Å²) in [6.45, 7) is 1.86. The summed E-state index contributed by atoms with van der Waals surface area (Å²) in [5.41, 5.74) is 3.84. The van der Waals surface area contributed by atoms with E-state index in [4.69, 9.17) is 4.74 Å². The SMILES string of the molecule is COc1ccc2c(c1)CCCC2NC(=O)c1c(C)ncn1C. The summed E-state index contributed by atoms with van der Waals surface area (Å²) in [5, 5.41) is 3.16. The molecular weight excluding hydrogens is 278 g/mol. The third-order valence-electron chi connectivity index (χ3n) is 4.30. The lowest BCUT2D eigenvalue weighted by Gasteiger charge is -2.27. The van der Waals surface area contributed by atoms with Crippen LogP contribution in [-0.2, 0) is 13.5 Å². The lowest BCUT2D eigenvalue weighted by Crippen LogP contribution is -2.32. The number of nitrogens with one attached hydrogen (secondary N) is 1. The Morgan fingerprint density at radius 3 is 2.95 bits per heavy atom. The zero-order valence-corrected chi connectivity index (χ0v) is 13.2. The van der Waals surface area contributed by atoms with Crippen molar-refractivity contribution in [1.29, 1.82) is 0 Å². The van der Waals surface area contributed by atoms with E-state index >= 15 is 0 Å². The number of amides is 1. The number of hydrogen-bond acceptors (Lipinski definition) is 3. The monoisotopic (exact) mass is 299 g/mol. The number of aryl methyl sites for hydroxylation is 3. The quantitative estimate of drug-likeness (QED) is 0.947. The maximum atomic E-state index is 12.6. The van der Waals surface area contributed by atoms with Crippen molar-refractivity contribution in [3.8, 4) is 5.75 Å². The fourth-order valence-electron chi connectivity index (χ4n) is 3.17. The van der Waals surface area contributed by atoms with E-state index in [1.807, 2.05) is 20.0 Å². The van der Waals surface area contributed by atoms with E-state index in [-0.39, 0.29) is 11.9 Å². The highest BCUT2D eigenvalue weighted by Gasteiger charge is 2.24. The van der Waals surface area contributed by atoms with E-state index in [9.17, 15) is 4.79 Å². The molecule has 5 heteroatoms. The summed E-state index contributed by atoms with van der Waals surface area (Å²) in [7, 11) is 3.52. The number of fused-ring (bicyclic) bond motifs is 1. The zero-order valence-electron chi connectivity index (χ0n) is 13.2. The summed E-state index contributed by atoms with van der Waals surface area (Å²) < 4.78 is 7.05. The highest BCUT2D eigenvalue weighted by atomic mass is 16.5. The maximum Gasteiger partial charge on any atom is 0.270 e. The zero-order chi connectivity index (χ0) is 15.7. The Kier molecular flexibility index (Phi) is 3.88. The average Bonchev–Trinajstić information content (AvgIpc) is 2.86. The van der Waals surface area contributed by atoms with E-state index in [1.54, 1.807) is 18.0 Å². The van der Waals surface area contributed by atoms with Crippen molar-refractivity contribution in [2.75, 3.05) is 7.11 Å². The van der Waals surface area contributed by atoms with Gasteiger partial charge in [-0.25, -0.2) is 4.98 Å². The third-order valence-corrected chi connectivity index (χ3v) is 4.30. The summed E-state index contributed by atoms with van der Waals surface area (Å²) in [4.78, 5) is 16.7. The molecule has 1 N–H and O–H groups in total. The standard InChI is InChI=1S/C17H21N3O2/c1-11-16(20(2)10-18-11)17(21)19-15-6-4-5-12-9-13(22-3)7-8-14(12)15/h7-10,15H,4-6H2,1-3H3,(H,19,21). The Bertz CT molecular complexity index is 686. The molecule has 0 spiro atoms. The number of rotatable bonds is 3. The van der Waals surface area contributed by atoms with Gasteiger partial charge in [0.2, 0.25) is 0 Å². The van der Waals surface area contributed by atoms with Crippen LogP contribution in [0.25, 0.3) is 0 Å². The second-order valence-corrected chi connectivity index (χ2v) is 5.77. The van der Waals surface area contributed by atoms with Crippen molar-refractivity contribution in [1.82, 2.24) is 14.9 Å². The van der Waals surface area contributed by atoms with Crippen LogP contribution < -0.4 is 10.1 Å². The maximum absolute atomic E-state index is 12.6. The van der Waals surface area contributed by atoms with Crippen molar-refractivity contribution < 1.29 is 9.53 Å². The van der Waals surface area contributed by atoms with Gasteiger partial charge in [-0.05, 0) is 49.4 Å². The predicted octanol–water partition coefficient (Wildman–Crippen LogP) is 2.54. The first-order chi connectivity index (χ1) is 10.6. The first-order valence-corrected chi connectivity index (χ1v) is 7.55. The van der Waals surface area contributed by atoms with Crippen molar-refractivity contribution >= 4 is 5.91 Å². The van der Waals surface area contributed by atoms with Gasteiger partial charge in [-0.1, -0.05) is 6.07 Å². The molecule has 0 aliphatic heterocycles. The van der Waals surface area contributed by atoms with Crippen molar-refractivity contribution in [3.63, 3.8) is 0 Å². The van der Waals surface area contributed by atoms with Gasteiger partial charge >= 0.3 is 0 Å². The molecule has 0 saturated carbocycles. The van der Waals surface area contributed by atoms with Crippen LogP contribution in [0.1, 0.15) is 46.2 Å². The Balaban J connectivity index is 1.84. The predicted molar refractivity (Wildman–Crippen MR) is 84.1 cm³/mol. The van der Waals surface area contributed by atoms with E-state index < -0.39 is 0 Å². The Hall–Kier alpha value is -2.30. The van der Waals surface area contributed by atoms with Crippen LogP contribution in [-0.4, -0.2) is 22.6 Å². The van der Waals surface area contributed by atoms with Gasteiger partial charge in [0.05, 0.1) is 25.2 Å².